The Morgan fingerprint density at radius 1 is 0.391 bits per heavy atom. The van der Waals surface area contributed by atoms with Gasteiger partial charge < -0.3 is 8.98 Å². The van der Waals surface area contributed by atoms with E-state index in [0.29, 0.717) is 5.82 Å². The SMILES string of the molecule is c1ccc2cc3c(cc2c1)c1ccccc1n3-c1cc(-[n+]2cnc(-c3cc4ccccc4c4ccccc34)nc2-c2cc3ccccc3c3ccccc23)cc2c1oc1ccccc12. The van der Waals surface area contributed by atoms with E-state index >= 15 is 0 Å². The normalized spacial score (nSPS) is 12.1. The van der Waals surface area contributed by atoms with Gasteiger partial charge in [-0.15, -0.1) is 0 Å². The maximum atomic E-state index is 6.90. The number of hydrogen-bond acceptors (Lipinski definition) is 3. The summed E-state index contributed by atoms with van der Waals surface area (Å²) in [5.41, 5.74) is 7.74. The van der Waals surface area contributed by atoms with Crippen molar-refractivity contribution in [1.29, 1.82) is 0 Å². The smallest absolute Gasteiger partial charge is 0.308 e. The fraction of sp³-hybridized carbons (Fsp3) is 0. The minimum atomic E-state index is 0.662. The molecule has 3 heterocycles. The second kappa shape index (κ2) is 13.4. The van der Waals surface area contributed by atoms with E-state index in [1.807, 2.05) is 12.4 Å². The molecule has 0 atom stereocenters. The summed E-state index contributed by atoms with van der Waals surface area (Å²) in [7, 11) is 0. The van der Waals surface area contributed by atoms with E-state index in [-0.39, 0.29) is 0 Å². The van der Waals surface area contributed by atoms with Gasteiger partial charge in [-0.05, 0) is 96.3 Å². The van der Waals surface area contributed by atoms with Gasteiger partial charge in [-0.25, -0.2) is 0 Å². The number of nitrogens with zero attached hydrogens (tertiary/aromatic N) is 4. The Balaban J connectivity index is 1.12. The van der Waals surface area contributed by atoms with Crippen molar-refractivity contribution < 1.29 is 8.98 Å². The summed E-state index contributed by atoms with van der Waals surface area (Å²) in [6.45, 7) is 0. The average Bonchev–Trinajstić information content (AvgIpc) is 3.90. The lowest BCUT2D eigenvalue weighted by Crippen LogP contribution is -2.35. The molecule has 14 aromatic rings. The molecule has 0 N–H and O–H groups in total. The van der Waals surface area contributed by atoms with Gasteiger partial charge >= 0.3 is 5.82 Å². The standard InChI is InChI=1S/C59H35N4O/c1-2-16-37-32-54-49(29-36(37)15-1)47-25-11-13-27-53(47)63(54)55-34-40(33-50-48-26-12-14-28-56(48)64-57(50)55)62-35-60-58(51-30-38-17-3-5-19-41(38)43-21-7-9-23-45(43)51)61-59(62)52-31-39-18-4-6-20-42(39)44-22-8-10-24-46(44)52/h1-35H/q+1. The van der Waals surface area contributed by atoms with E-state index < -0.39 is 0 Å². The van der Waals surface area contributed by atoms with Crippen molar-refractivity contribution in [2.24, 2.45) is 0 Å². The highest BCUT2D eigenvalue weighted by atomic mass is 16.3. The van der Waals surface area contributed by atoms with Crippen molar-refractivity contribution in [3.8, 4) is 34.2 Å². The maximum absolute atomic E-state index is 6.90. The van der Waals surface area contributed by atoms with Crippen molar-refractivity contribution in [2.45, 2.75) is 0 Å². The number of para-hydroxylation sites is 2. The Labute approximate surface area is 366 Å². The number of rotatable bonds is 4. The lowest BCUT2D eigenvalue weighted by molar-refractivity contribution is -0.590. The molecule has 0 fully saturated rings. The Kier molecular flexibility index (Phi) is 7.33. The zero-order valence-electron chi connectivity index (χ0n) is 34.4. The number of furan rings is 1. The van der Waals surface area contributed by atoms with Crippen LogP contribution in [0.4, 0.5) is 0 Å². The molecule has 5 nitrogen and oxygen atoms in total. The summed E-state index contributed by atoms with van der Waals surface area (Å²) in [5.74, 6) is 1.45. The van der Waals surface area contributed by atoms with Crippen LogP contribution in [0.5, 0.6) is 0 Å². The first-order valence-electron chi connectivity index (χ1n) is 21.7. The highest BCUT2D eigenvalue weighted by molar-refractivity contribution is 6.17. The fourth-order valence-electron chi connectivity index (χ4n) is 10.4. The van der Waals surface area contributed by atoms with Crippen molar-refractivity contribution in [3.63, 3.8) is 0 Å². The van der Waals surface area contributed by atoms with E-state index in [4.69, 9.17) is 14.4 Å². The molecule has 64 heavy (non-hydrogen) atoms. The predicted octanol–water partition coefficient (Wildman–Crippen LogP) is 14.8. The first-order valence-corrected chi connectivity index (χ1v) is 21.7. The molecule has 0 saturated carbocycles. The molecule has 5 heteroatoms. The van der Waals surface area contributed by atoms with Crippen molar-refractivity contribution in [3.05, 3.63) is 213 Å². The van der Waals surface area contributed by atoms with E-state index in [1.54, 1.807) is 0 Å². The topological polar surface area (TPSA) is 47.7 Å². The molecule has 0 aliphatic heterocycles. The lowest BCUT2D eigenvalue weighted by atomic mass is 9.96. The molecule has 3 aromatic heterocycles. The van der Waals surface area contributed by atoms with Crippen LogP contribution in [0.2, 0.25) is 0 Å². The monoisotopic (exact) mass is 815 g/mol. The van der Waals surface area contributed by atoms with Crippen LogP contribution in [0.15, 0.2) is 217 Å². The lowest BCUT2D eigenvalue weighted by Gasteiger charge is -2.14. The average molecular weight is 816 g/mol. The molecule has 14 rings (SSSR count). The summed E-state index contributed by atoms with van der Waals surface area (Å²) >= 11 is 0. The zero-order chi connectivity index (χ0) is 41.9. The Morgan fingerprint density at radius 2 is 0.938 bits per heavy atom. The zero-order valence-corrected chi connectivity index (χ0v) is 34.4. The van der Waals surface area contributed by atoms with E-state index in [0.717, 1.165) is 82.8 Å². The van der Waals surface area contributed by atoms with E-state index in [1.165, 1.54) is 43.1 Å². The maximum Gasteiger partial charge on any atom is 0.308 e. The number of aromatic nitrogens is 4. The molecule has 0 spiro atoms. The van der Waals surface area contributed by atoms with Gasteiger partial charge in [0.15, 0.2) is 5.58 Å². The Hall–Kier alpha value is -8.67. The summed E-state index contributed by atoms with van der Waals surface area (Å²) < 4.78 is 11.5. The van der Waals surface area contributed by atoms with E-state index in [2.05, 4.69) is 209 Å². The third kappa shape index (κ3) is 5.09. The number of fused-ring (bicyclic) bond motifs is 13. The molecule has 0 unspecified atom stereocenters. The number of hydrogen-bond donors (Lipinski definition) is 0. The second-order valence-corrected chi connectivity index (χ2v) is 16.8. The largest absolute Gasteiger partial charge is 0.454 e. The quantitative estimate of drug-likeness (QED) is 0.131. The van der Waals surface area contributed by atoms with Crippen LogP contribution in [0.25, 0.3) is 132 Å². The van der Waals surface area contributed by atoms with Gasteiger partial charge in [0.05, 0.1) is 27.8 Å². The Morgan fingerprint density at radius 3 is 1.66 bits per heavy atom. The van der Waals surface area contributed by atoms with Gasteiger partial charge in [0.2, 0.25) is 6.33 Å². The van der Waals surface area contributed by atoms with Gasteiger partial charge in [0.1, 0.15) is 11.3 Å². The van der Waals surface area contributed by atoms with Gasteiger partial charge in [0, 0.05) is 27.6 Å². The van der Waals surface area contributed by atoms with Crippen LogP contribution in [0.3, 0.4) is 0 Å². The molecule has 0 aliphatic rings. The molecule has 296 valence electrons. The molecule has 0 aliphatic carbocycles. The van der Waals surface area contributed by atoms with Gasteiger partial charge in [-0.1, -0.05) is 168 Å². The summed E-state index contributed by atoms with van der Waals surface area (Å²) in [6, 6.07) is 73.8. The van der Waals surface area contributed by atoms with Crippen molar-refractivity contribution in [1.82, 2.24) is 14.5 Å². The first kappa shape index (κ1) is 35.0. The van der Waals surface area contributed by atoms with Gasteiger partial charge in [0.25, 0.3) is 5.82 Å². The third-order valence-electron chi connectivity index (χ3n) is 13.3. The molecule has 11 aromatic carbocycles. The molecule has 0 saturated heterocycles. The minimum Gasteiger partial charge on any atom is -0.454 e. The van der Waals surface area contributed by atoms with Gasteiger partial charge in [-0.2, -0.15) is 4.57 Å². The highest BCUT2D eigenvalue weighted by Crippen LogP contribution is 2.42. The fourth-order valence-corrected chi connectivity index (χ4v) is 10.4. The summed E-state index contributed by atoms with van der Waals surface area (Å²) in [4.78, 5) is 11.0. The predicted molar refractivity (Wildman–Crippen MR) is 264 cm³/mol. The van der Waals surface area contributed by atoms with Crippen LogP contribution in [0.1, 0.15) is 0 Å². The Bertz CT molecular complexity index is 4270. The minimum absolute atomic E-state index is 0.662. The molecule has 0 bridgehead atoms. The van der Waals surface area contributed by atoms with Crippen molar-refractivity contribution >= 4 is 97.6 Å². The van der Waals surface area contributed by atoms with Crippen LogP contribution in [-0.2, 0) is 0 Å². The molecule has 0 radical (unpaired) electrons. The van der Waals surface area contributed by atoms with Crippen LogP contribution in [0, 0.1) is 0 Å². The molecule has 0 amide bonds. The number of benzene rings is 11. The summed E-state index contributed by atoms with van der Waals surface area (Å²) in [6.07, 6.45) is 1.97. The van der Waals surface area contributed by atoms with Crippen molar-refractivity contribution in [2.75, 3.05) is 0 Å². The molecular formula is C59H35N4O+. The molecular weight excluding hydrogens is 781 g/mol. The van der Waals surface area contributed by atoms with Crippen LogP contribution < -0.4 is 4.57 Å². The van der Waals surface area contributed by atoms with Gasteiger partial charge in [-0.3, -0.25) is 0 Å². The first-order chi connectivity index (χ1) is 31.7. The van der Waals surface area contributed by atoms with Crippen LogP contribution >= 0.6 is 0 Å². The third-order valence-corrected chi connectivity index (χ3v) is 13.3. The highest BCUT2D eigenvalue weighted by Gasteiger charge is 2.27. The van der Waals surface area contributed by atoms with E-state index in [9.17, 15) is 0 Å². The second-order valence-electron chi connectivity index (χ2n) is 16.8. The summed E-state index contributed by atoms with van der Waals surface area (Å²) in [5, 5.41) is 16.1. The van der Waals surface area contributed by atoms with Crippen LogP contribution in [-0.4, -0.2) is 14.5 Å².